The van der Waals surface area contributed by atoms with Crippen molar-refractivity contribution in [3.05, 3.63) is 29.8 Å². The van der Waals surface area contributed by atoms with Gasteiger partial charge in [-0.25, -0.2) is 0 Å². The van der Waals surface area contributed by atoms with Gasteiger partial charge in [-0.1, -0.05) is 24.1 Å². The van der Waals surface area contributed by atoms with Crippen molar-refractivity contribution in [2.45, 2.75) is 26.4 Å². The Morgan fingerprint density at radius 3 is 2.82 bits per heavy atom. The van der Waals surface area contributed by atoms with Crippen LogP contribution in [0.15, 0.2) is 24.3 Å². The number of carbonyl (C=O) groups is 1. The van der Waals surface area contributed by atoms with Crippen LogP contribution in [0.3, 0.4) is 0 Å². The summed E-state index contributed by atoms with van der Waals surface area (Å²) >= 11 is 0. The third kappa shape index (κ3) is 4.59. The number of amides is 1. The van der Waals surface area contributed by atoms with Gasteiger partial charge in [0.05, 0.1) is 13.2 Å². The molecule has 0 aliphatic carbocycles. The number of nitrogens with zero attached hydrogens (tertiary/aromatic N) is 1. The van der Waals surface area contributed by atoms with Crippen molar-refractivity contribution in [3.63, 3.8) is 0 Å². The van der Waals surface area contributed by atoms with Gasteiger partial charge in [0.25, 0.3) is 0 Å². The molecule has 1 fully saturated rings. The lowest BCUT2D eigenvalue weighted by molar-refractivity contribution is -0.121. The van der Waals surface area contributed by atoms with E-state index < -0.39 is 0 Å². The highest BCUT2D eigenvalue weighted by atomic mass is 16.5. The second-order valence-corrected chi connectivity index (χ2v) is 5.54. The molecule has 4 heteroatoms. The highest BCUT2D eigenvalue weighted by molar-refractivity contribution is 5.93. The van der Waals surface area contributed by atoms with Crippen LogP contribution in [0.2, 0.25) is 0 Å². The summed E-state index contributed by atoms with van der Waals surface area (Å²) in [6, 6.07) is 7.81. The van der Waals surface area contributed by atoms with Gasteiger partial charge in [0.2, 0.25) is 5.91 Å². The summed E-state index contributed by atoms with van der Waals surface area (Å²) in [5, 5.41) is 3.06. The molecular formula is C18H24N2O2. The predicted molar refractivity (Wildman–Crippen MR) is 88.4 cm³/mol. The molecule has 118 valence electrons. The molecular weight excluding hydrogens is 276 g/mol. The number of rotatable bonds is 6. The first-order valence-electron chi connectivity index (χ1n) is 7.87. The molecule has 1 aromatic carbocycles. The fourth-order valence-corrected chi connectivity index (χ4v) is 2.70. The average Bonchev–Trinajstić information content (AvgIpc) is 2.55. The van der Waals surface area contributed by atoms with E-state index in [1.165, 1.54) is 0 Å². The molecule has 0 spiro atoms. The molecule has 2 rings (SSSR count). The number of benzene rings is 1. The largest absolute Gasteiger partial charge is 0.377 e. The van der Waals surface area contributed by atoms with Gasteiger partial charge in [-0.2, -0.15) is 0 Å². The Balaban J connectivity index is 1.91. The van der Waals surface area contributed by atoms with Crippen LogP contribution in [0.5, 0.6) is 0 Å². The number of terminal acetylenes is 1. The average molecular weight is 300 g/mol. The molecule has 1 heterocycles. The van der Waals surface area contributed by atoms with E-state index in [9.17, 15) is 4.79 Å². The van der Waals surface area contributed by atoms with Crippen LogP contribution >= 0.6 is 0 Å². The molecule has 1 saturated heterocycles. The first kappa shape index (κ1) is 16.5. The standard InChI is InChI=1S/C18H24N2O2/c1-3-11-20-12-9-15(10-13-20)18(21)19-17-8-6-5-7-16(17)14-22-4-2/h1,5-8,15H,4,9-14H2,2H3,(H,19,21). The van der Waals surface area contributed by atoms with Gasteiger partial charge >= 0.3 is 0 Å². The summed E-state index contributed by atoms with van der Waals surface area (Å²) < 4.78 is 5.45. The quantitative estimate of drug-likeness (QED) is 0.821. The van der Waals surface area contributed by atoms with Crippen LogP contribution in [-0.2, 0) is 16.1 Å². The summed E-state index contributed by atoms with van der Waals surface area (Å²) in [5.74, 6) is 2.83. The molecule has 1 amide bonds. The molecule has 22 heavy (non-hydrogen) atoms. The highest BCUT2D eigenvalue weighted by Gasteiger charge is 2.24. The molecule has 1 aromatic rings. The Morgan fingerprint density at radius 2 is 2.14 bits per heavy atom. The highest BCUT2D eigenvalue weighted by Crippen LogP contribution is 2.21. The zero-order chi connectivity index (χ0) is 15.8. The Hall–Kier alpha value is -1.83. The first-order valence-corrected chi connectivity index (χ1v) is 7.87. The topological polar surface area (TPSA) is 41.6 Å². The van der Waals surface area contributed by atoms with Crippen molar-refractivity contribution < 1.29 is 9.53 Å². The molecule has 0 radical (unpaired) electrons. The molecule has 4 nitrogen and oxygen atoms in total. The van der Waals surface area contributed by atoms with E-state index in [0.717, 1.165) is 37.2 Å². The SMILES string of the molecule is C#CCN1CCC(C(=O)Nc2ccccc2COCC)CC1. The van der Waals surface area contributed by atoms with E-state index in [1.807, 2.05) is 31.2 Å². The zero-order valence-corrected chi connectivity index (χ0v) is 13.2. The van der Waals surface area contributed by atoms with Gasteiger partial charge in [-0.05, 0) is 38.9 Å². The Bertz CT molecular complexity index is 528. The second-order valence-electron chi connectivity index (χ2n) is 5.54. The lowest BCUT2D eigenvalue weighted by Crippen LogP contribution is -2.38. The molecule has 0 aromatic heterocycles. The number of hydrogen-bond donors (Lipinski definition) is 1. The van der Waals surface area contributed by atoms with E-state index in [-0.39, 0.29) is 11.8 Å². The lowest BCUT2D eigenvalue weighted by atomic mass is 9.95. The van der Waals surface area contributed by atoms with Gasteiger partial charge in [0.15, 0.2) is 0 Å². The van der Waals surface area contributed by atoms with E-state index in [2.05, 4.69) is 16.1 Å². The number of para-hydroxylation sites is 1. The van der Waals surface area contributed by atoms with Crippen LogP contribution in [-0.4, -0.2) is 37.0 Å². The lowest BCUT2D eigenvalue weighted by Gasteiger charge is -2.29. The maximum Gasteiger partial charge on any atom is 0.227 e. The van der Waals surface area contributed by atoms with Crippen LogP contribution in [0, 0.1) is 18.3 Å². The third-order valence-electron chi connectivity index (χ3n) is 4.01. The summed E-state index contributed by atoms with van der Waals surface area (Å²) in [7, 11) is 0. The maximum atomic E-state index is 12.4. The minimum atomic E-state index is 0.0641. The zero-order valence-electron chi connectivity index (χ0n) is 13.2. The van der Waals surface area contributed by atoms with Gasteiger partial charge < -0.3 is 10.1 Å². The van der Waals surface area contributed by atoms with E-state index >= 15 is 0 Å². The monoisotopic (exact) mass is 300 g/mol. The molecule has 0 atom stereocenters. The Morgan fingerprint density at radius 1 is 1.41 bits per heavy atom. The van der Waals surface area contributed by atoms with Crippen molar-refractivity contribution in [3.8, 4) is 12.3 Å². The third-order valence-corrected chi connectivity index (χ3v) is 4.01. The van der Waals surface area contributed by atoms with Gasteiger partial charge in [0.1, 0.15) is 0 Å². The van der Waals surface area contributed by atoms with Crippen LogP contribution < -0.4 is 5.32 Å². The second kappa shape index (κ2) is 8.57. The smallest absolute Gasteiger partial charge is 0.227 e. The summed E-state index contributed by atoms with van der Waals surface area (Å²) in [4.78, 5) is 14.7. The number of ether oxygens (including phenoxy) is 1. The van der Waals surface area contributed by atoms with E-state index in [0.29, 0.717) is 19.8 Å². The summed E-state index contributed by atoms with van der Waals surface area (Å²) in [6.07, 6.45) is 7.05. The number of nitrogens with one attached hydrogen (secondary N) is 1. The molecule has 1 aliphatic heterocycles. The molecule has 0 unspecified atom stereocenters. The molecule has 0 saturated carbocycles. The Kier molecular flexibility index (Phi) is 6.45. The van der Waals surface area contributed by atoms with Gasteiger partial charge in [-0.15, -0.1) is 6.42 Å². The fourth-order valence-electron chi connectivity index (χ4n) is 2.70. The maximum absolute atomic E-state index is 12.4. The molecule has 1 N–H and O–H groups in total. The minimum Gasteiger partial charge on any atom is -0.377 e. The van der Waals surface area contributed by atoms with E-state index in [1.54, 1.807) is 0 Å². The number of likely N-dealkylation sites (tertiary alicyclic amines) is 1. The molecule has 0 bridgehead atoms. The van der Waals surface area contributed by atoms with Crippen LogP contribution in [0.4, 0.5) is 5.69 Å². The number of piperidine rings is 1. The van der Waals surface area contributed by atoms with Crippen LogP contribution in [0.1, 0.15) is 25.3 Å². The predicted octanol–water partition coefficient (Wildman–Crippen LogP) is 2.51. The fraction of sp³-hybridized carbons (Fsp3) is 0.500. The van der Waals surface area contributed by atoms with Crippen molar-refractivity contribution in [1.82, 2.24) is 4.90 Å². The van der Waals surface area contributed by atoms with Gasteiger partial charge in [0, 0.05) is 23.8 Å². The van der Waals surface area contributed by atoms with Crippen molar-refractivity contribution in [2.24, 2.45) is 5.92 Å². The first-order chi connectivity index (χ1) is 10.7. The number of carbonyl (C=O) groups excluding carboxylic acids is 1. The molecule has 1 aliphatic rings. The van der Waals surface area contributed by atoms with Crippen molar-refractivity contribution >= 4 is 11.6 Å². The summed E-state index contributed by atoms with van der Waals surface area (Å²) in [5.41, 5.74) is 1.87. The van der Waals surface area contributed by atoms with Gasteiger partial charge in [-0.3, -0.25) is 9.69 Å². The Labute approximate surface area is 132 Å². The normalized spacial score (nSPS) is 16.2. The number of hydrogen-bond acceptors (Lipinski definition) is 3. The minimum absolute atomic E-state index is 0.0641. The van der Waals surface area contributed by atoms with E-state index in [4.69, 9.17) is 11.2 Å². The van der Waals surface area contributed by atoms with Crippen molar-refractivity contribution in [2.75, 3.05) is 31.6 Å². The van der Waals surface area contributed by atoms with Crippen LogP contribution in [0.25, 0.3) is 0 Å². The summed E-state index contributed by atoms with van der Waals surface area (Å²) in [6.45, 7) is 5.60. The van der Waals surface area contributed by atoms with Crippen molar-refractivity contribution in [1.29, 1.82) is 0 Å². The number of anilines is 1.